The third-order valence-corrected chi connectivity index (χ3v) is 6.47. The van der Waals surface area contributed by atoms with Crippen molar-refractivity contribution in [1.82, 2.24) is 19.6 Å². The second-order valence-electron chi connectivity index (χ2n) is 9.32. The zero-order chi connectivity index (χ0) is 24.5. The van der Waals surface area contributed by atoms with E-state index in [4.69, 9.17) is 10.8 Å². The minimum absolute atomic E-state index is 0.116. The van der Waals surface area contributed by atoms with Crippen molar-refractivity contribution in [2.45, 2.75) is 32.2 Å². The van der Waals surface area contributed by atoms with Gasteiger partial charge in [0.1, 0.15) is 17.5 Å². The number of aliphatic hydroxyl groups is 1. The van der Waals surface area contributed by atoms with Gasteiger partial charge in [-0.25, -0.2) is 18.3 Å². The van der Waals surface area contributed by atoms with Gasteiger partial charge in [0.25, 0.3) is 0 Å². The number of aliphatic hydroxyl groups excluding tert-OH is 1. The molecule has 4 heterocycles. The van der Waals surface area contributed by atoms with Crippen LogP contribution in [-0.4, -0.2) is 50.4 Å². The van der Waals surface area contributed by atoms with Crippen molar-refractivity contribution in [2.75, 3.05) is 24.6 Å². The Labute approximate surface area is 202 Å². The van der Waals surface area contributed by atoms with Crippen molar-refractivity contribution in [2.24, 2.45) is 11.7 Å². The van der Waals surface area contributed by atoms with E-state index >= 15 is 0 Å². The van der Waals surface area contributed by atoms with Gasteiger partial charge in [-0.15, -0.1) is 0 Å². The van der Waals surface area contributed by atoms with Gasteiger partial charge in [-0.1, -0.05) is 6.92 Å². The van der Waals surface area contributed by atoms with Crippen LogP contribution in [0.5, 0.6) is 0 Å². The van der Waals surface area contributed by atoms with Gasteiger partial charge < -0.3 is 15.7 Å². The second-order valence-corrected chi connectivity index (χ2v) is 9.32. The average molecular weight is 479 g/mol. The predicted octanol–water partition coefficient (Wildman–Crippen LogP) is 3.37. The Bertz CT molecular complexity index is 1320. The number of benzene rings is 1. The molecule has 182 valence electrons. The van der Waals surface area contributed by atoms with Gasteiger partial charge >= 0.3 is 0 Å². The standard InChI is InChI=1S/C26H28F2N6O/c1-16-8-19(29)15-33(14-16)24-4-6-30-12-18(24)11-25-31-13-20-2-3-23(32-34(20)25)26-21(27)9-17(5-7-35)10-22(26)28/h2-4,6,9-10,12-13,16,19,35H,5,7-8,11,14-15,29H2,1H3/t16-,19+/m1/s1. The van der Waals surface area contributed by atoms with E-state index in [2.05, 4.69) is 26.9 Å². The van der Waals surface area contributed by atoms with E-state index in [0.717, 1.165) is 36.3 Å². The Morgan fingerprint density at radius 3 is 2.66 bits per heavy atom. The Hall–Kier alpha value is -3.43. The molecule has 0 spiro atoms. The molecule has 0 bridgehead atoms. The Morgan fingerprint density at radius 2 is 1.91 bits per heavy atom. The summed E-state index contributed by atoms with van der Waals surface area (Å²) in [5, 5.41) is 13.6. The molecule has 1 aromatic carbocycles. The SMILES string of the molecule is C[C@@H]1C[C@H](N)CN(c2ccncc2Cc2ncc3ccc(-c4c(F)cc(CCO)cc4F)nn23)C1. The van der Waals surface area contributed by atoms with E-state index in [1.165, 1.54) is 12.1 Å². The highest BCUT2D eigenvalue weighted by Gasteiger charge is 2.24. The number of nitrogens with zero attached hydrogens (tertiary/aromatic N) is 5. The fourth-order valence-electron chi connectivity index (χ4n) is 4.96. The van der Waals surface area contributed by atoms with Crippen molar-refractivity contribution in [1.29, 1.82) is 0 Å². The topological polar surface area (TPSA) is 92.6 Å². The van der Waals surface area contributed by atoms with E-state index in [1.54, 1.807) is 29.0 Å². The monoisotopic (exact) mass is 478 g/mol. The van der Waals surface area contributed by atoms with Crippen LogP contribution in [0.25, 0.3) is 16.8 Å². The Kier molecular flexibility index (Phi) is 6.44. The molecular weight excluding hydrogens is 450 g/mol. The van der Waals surface area contributed by atoms with Gasteiger partial charge in [0.05, 0.1) is 23.0 Å². The lowest BCUT2D eigenvalue weighted by Gasteiger charge is -2.37. The highest BCUT2D eigenvalue weighted by molar-refractivity contribution is 5.63. The van der Waals surface area contributed by atoms with E-state index in [1.807, 2.05) is 12.3 Å². The van der Waals surface area contributed by atoms with Gasteiger partial charge in [0.15, 0.2) is 0 Å². The molecule has 35 heavy (non-hydrogen) atoms. The Balaban J connectivity index is 1.50. The smallest absolute Gasteiger partial charge is 0.135 e. The second kappa shape index (κ2) is 9.67. The molecule has 0 unspecified atom stereocenters. The first kappa shape index (κ1) is 23.3. The van der Waals surface area contributed by atoms with Crippen LogP contribution in [0.15, 0.2) is 48.9 Å². The number of aromatic nitrogens is 4. The molecule has 1 aliphatic heterocycles. The summed E-state index contributed by atoms with van der Waals surface area (Å²) in [5.41, 5.74) is 9.41. The molecular formula is C26H28F2N6O. The minimum atomic E-state index is -0.716. The number of rotatable bonds is 6. The predicted molar refractivity (Wildman–Crippen MR) is 130 cm³/mol. The van der Waals surface area contributed by atoms with Crippen LogP contribution in [0.2, 0.25) is 0 Å². The highest BCUT2D eigenvalue weighted by Crippen LogP contribution is 2.29. The number of hydrogen-bond donors (Lipinski definition) is 2. The van der Waals surface area contributed by atoms with Gasteiger partial charge in [-0.2, -0.15) is 5.10 Å². The van der Waals surface area contributed by atoms with E-state index in [0.29, 0.717) is 23.7 Å². The molecule has 0 saturated carbocycles. The quantitative estimate of drug-likeness (QED) is 0.442. The summed E-state index contributed by atoms with van der Waals surface area (Å²) < 4.78 is 31.2. The van der Waals surface area contributed by atoms with E-state index in [-0.39, 0.29) is 30.3 Å². The van der Waals surface area contributed by atoms with Crippen LogP contribution in [0, 0.1) is 17.6 Å². The van der Waals surface area contributed by atoms with Crippen LogP contribution >= 0.6 is 0 Å². The Morgan fingerprint density at radius 1 is 1.11 bits per heavy atom. The number of nitrogens with two attached hydrogens (primary N) is 1. The maximum atomic E-state index is 14.8. The summed E-state index contributed by atoms with van der Waals surface area (Å²) in [4.78, 5) is 11.2. The van der Waals surface area contributed by atoms with E-state index < -0.39 is 11.6 Å². The van der Waals surface area contributed by atoms with Crippen LogP contribution in [-0.2, 0) is 12.8 Å². The molecule has 3 N–H and O–H groups in total. The number of hydrogen-bond acceptors (Lipinski definition) is 6. The normalized spacial score (nSPS) is 18.4. The molecule has 0 amide bonds. The molecule has 1 saturated heterocycles. The number of fused-ring (bicyclic) bond motifs is 1. The van der Waals surface area contributed by atoms with Crippen molar-refractivity contribution in [3.8, 4) is 11.3 Å². The molecule has 3 aromatic heterocycles. The van der Waals surface area contributed by atoms with Gasteiger partial charge in [-0.3, -0.25) is 4.98 Å². The molecule has 9 heteroatoms. The fraction of sp³-hybridized carbons (Fsp3) is 0.346. The number of imidazole rings is 1. The van der Waals surface area contributed by atoms with Gasteiger partial charge in [0.2, 0.25) is 0 Å². The molecule has 5 rings (SSSR count). The summed E-state index contributed by atoms with van der Waals surface area (Å²) in [6.07, 6.45) is 6.93. The fourth-order valence-corrected chi connectivity index (χ4v) is 4.96. The lowest BCUT2D eigenvalue weighted by atomic mass is 9.95. The summed E-state index contributed by atoms with van der Waals surface area (Å²) in [7, 11) is 0. The van der Waals surface area contributed by atoms with Gasteiger partial charge in [0, 0.05) is 55.8 Å². The number of halogens is 2. The van der Waals surface area contributed by atoms with E-state index in [9.17, 15) is 8.78 Å². The molecule has 0 radical (unpaired) electrons. The number of pyridine rings is 1. The highest BCUT2D eigenvalue weighted by atomic mass is 19.1. The average Bonchev–Trinajstić information content (AvgIpc) is 3.21. The third kappa shape index (κ3) is 4.74. The minimum Gasteiger partial charge on any atom is -0.396 e. The zero-order valence-corrected chi connectivity index (χ0v) is 19.5. The summed E-state index contributed by atoms with van der Waals surface area (Å²) >= 11 is 0. The zero-order valence-electron chi connectivity index (χ0n) is 19.5. The first-order chi connectivity index (χ1) is 16.9. The lowest BCUT2D eigenvalue weighted by Crippen LogP contribution is -2.46. The third-order valence-electron chi connectivity index (χ3n) is 6.47. The molecule has 1 fully saturated rings. The molecule has 2 atom stereocenters. The summed E-state index contributed by atoms with van der Waals surface area (Å²) in [6.45, 7) is 3.71. The van der Waals surface area contributed by atoms with Crippen LogP contribution in [0.4, 0.5) is 14.5 Å². The number of anilines is 1. The molecule has 4 aromatic rings. The molecule has 7 nitrogen and oxygen atoms in total. The lowest BCUT2D eigenvalue weighted by molar-refractivity contribution is 0.299. The van der Waals surface area contributed by atoms with Crippen LogP contribution in [0.1, 0.15) is 30.3 Å². The first-order valence-corrected chi connectivity index (χ1v) is 11.8. The van der Waals surface area contributed by atoms with Crippen LogP contribution in [0.3, 0.4) is 0 Å². The molecule has 0 aliphatic carbocycles. The first-order valence-electron chi connectivity index (χ1n) is 11.8. The van der Waals surface area contributed by atoms with Gasteiger partial charge in [-0.05, 0) is 54.7 Å². The van der Waals surface area contributed by atoms with Crippen molar-refractivity contribution in [3.05, 3.63) is 77.5 Å². The van der Waals surface area contributed by atoms with Crippen molar-refractivity contribution < 1.29 is 13.9 Å². The maximum absolute atomic E-state index is 14.8. The largest absolute Gasteiger partial charge is 0.396 e. The summed E-state index contributed by atoms with van der Waals surface area (Å²) in [6, 6.07) is 7.91. The van der Waals surface area contributed by atoms with Crippen molar-refractivity contribution in [3.63, 3.8) is 0 Å². The van der Waals surface area contributed by atoms with Crippen LogP contribution < -0.4 is 10.6 Å². The number of piperidine rings is 1. The maximum Gasteiger partial charge on any atom is 0.135 e. The van der Waals surface area contributed by atoms with Crippen molar-refractivity contribution >= 4 is 11.2 Å². The molecule has 1 aliphatic rings. The summed E-state index contributed by atoms with van der Waals surface area (Å²) in [5.74, 6) is -0.299.